The van der Waals surface area contributed by atoms with E-state index in [4.69, 9.17) is 17.3 Å². The van der Waals surface area contributed by atoms with E-state index < -0.39 is 5.82 Å². The van der Waals surface area contributed by atoms with Crippen LogP contribution in [0.4, 0.5) is 10.1 Å². The van der Waals surface area contributed by atoms with Crippen molar-refractivity contribution in [3.05, 3.63) is 29.0 Å². The van der Waals surface area contributed by atoms with Gasteiger partial charge < -0.3 is 11.1 Å². The predicted molar refractivity (Wildman–Crippen MR) is 85.6 cm³/mol. The Kier molecular flexibility index (Phi) is 7.39. The fourth-order valence-electron chi connectivity index (χ4n) is 2.49. The molecule has 0 aromatic heterocycles. The lowest BCUT2D eigenvalue weighted by Gasteiger charge is -2.34. The summed E-state index contributed by atoms with van der Waals surface area (Å²) < 4.78 is 13.0. The van der Waals surface area contributed by atoms with Gasteiger partial charge in [-0.25, -0.2) is 4.39 Å². The zero-order chi connectivity index (χ0) is 14.5. The first kappa shape index (κ1) is 18.2. The molecule has 1 atom stereocenters. The SMILES string of the molecule is Cl.NCC1CCCCN1CC(=O)Nc1ccc(F)c(Cl)c1. The molecule has 1 unspecified atom stereocenters. The molecule has 118 valence electrons. The molecular formula is C14H20Cl2FN3O. The first-order valence-corrected chi connectivity index (χ1v) is 7.17. The monoisotopic (exact) mass is 335 g/mol. The van der Waals surface area contributed by atoms with Crippen molar-refractivity contribution in [2.45, 2.75) is 25.3 Å². The molecule has 0 radical (unpaired) electrons. The molecular weight excluding hydrogens is 316 g/mol. The summed E-state index contributed by atoms with van der Waals surface area (Å²) in [6.45, 7) is 1.76. The second kappa shape index (κ2) is 8.54. The van der Waals surface area contributed by atoms with Gasteiger partial charge in [-0.3, -0.25) is 9.69 Å². The second-order valence-electron chi connectivity index (χ2n) is 5.03. The number of nitrogens with two attached hydrogens (primary N) is 1. The van der Waals surface area contributed by atoms with E-state index in [2.05, 4.69) is 10.2 Å². The van der Waals surface area contributed by atoms with Gasteiger partial charge in [0, 0.05) is 18.3 Å². The lowest BCUT2D eigenvalue weighted by Crippen LogP contribution is -2.47. The van der Waals surface area contributed by atoms with Crippen LogP contribution in [0.2, 0.25) is 5.02 Å². The molecule has 1 aliphatic heterocycles. The number of likely N-dealkylation sites (tertiary alicyclic amines) is 1. The van der Waals surface area contributed by atoms with Gasteiger partial charge in [0.05, 0.1) is 11.6 Å². The van der Waals surface area contributed by atoms with E-state index >= 15 is 0 Å². The van der Waals surface area contributed by atoms with Crippen LogP contribution < -0.4 is 11.1 Å². The van der Waals surface area contributed by atoms with Crippen LogP contribution in [0.5, 0.6) is 0 Å². The quantitative estimate of drug-likeness (QED) is 0.889. The molecule has 1 aromatic rings. The number of carbonyl (C=O) groups is 1. The Bertz CT molecular complexity index is 487. The van der Waals surface area contributed by atoms with Crippen LogP contribution in [-0.4, -0.2) is 36.5 Å². The van der Waals surface area contributed by atoms with Crippen molar-refractivity contribution >= 4 is 35.6 Å². The lowest BCUT2D eigenvalue weighted by molar-refractivity contribution is -0.118. The molecule has 1 aliphatic rings. The first-order valence-electron chi connectivity index (χ1n) is 6.79. The molecule has 4 nitrogen and oxygen atoms in total. The van der Waals surface area contributed by atoms with E-state index in [0.29, 0.717) is 18.8 Å². The van der Waals surface area contributed by atoms with Gasteiger partial charge in [0.25, 0.3) is 0 Å². The number of rotatable bonds is 4. The minimum atomic E-state index is -0.496. The molecule has 3 N–H and O–H groups in total. The molecule has 1 aromatic carbocycles. The molecule has 0 aliphatic carbocycles. The zero-order valence-corrected chi connectivity index (χ0v) is 13.2. The maximum Gasteiger partial charge on any atom is 0.238 e. The minimum Gasteiger partial charge on any atom is -0.329 e. The van der Waals surface area contributed by atoms with E-state index in [0.717, 1.165) is 25.8 Å². The van der Waals surface area contributed by atoms with E-state index in [9.17, 15) is 9.18 Å². The van der Waals surface area contributed by atoms with Gasteiger partial charge in [-0.2, -0.15) is 0 Å². The third-order valence-corrected chi connectivity index (χ3v) is 3.86. The van der Waals surface area contributed by atoms with Gasteiger partial charge in [-0.15, -0.1) is 12.4 Å². The number of amides is 1. The zero-order valence-electron chi connectivity index (χ0n) is 11.6. The number of hydrogen-bond acceptors (Lipinski definition) is 3. The number of anilines is 1. The van der Waals surface area contributed by atoms with Gasteiger partial charge in [0.2, 0.25) is 5.91 Å². The third kappa shape index (κ3) is 5.11. The highest BCUT2D eigenvalue weighted by Gasteiger charge is 2.22. The number of hydrogen-bond donors (Lipinski definition) is 2. The maximum atomic E-state index is 13.0. The maximum absolute atomic E-state index is 13.0. The molecule has 1 fully saturated rings. The van der Waals surface area contributed by atoms with Crippen LogP contribution in [0.1, 0.15) is 19.3 Å². The van der Waals surface area contributed by atoms with Crippen molar-refractivity contribution < 1.29 is 9.18 Å². The first-order chi connectivity index (χ1) is 9.60. The van der Waals surface area contributed by atoms with Crippen molar-refractivity contribution in [2.24, 2.45) is 5.73 Å². The Hall–Kier alpha value is -0.880. The summed E-state index contributed by atoms with van der Waals surface area (Å²) in [4.78, 5) is 14.1. The Morgan fingerprint density at radius 3 is 2.90 bits per heavy atom. The van der Waals surface area contributed by atoms with Crippen molar-refractivity contribution in [1.82, 2.24) is 4.90 Å². The average Bonchev–Trinajstić information content (AvgIpc) is 2.43. The van der Waals surface area contributed by atoms with E-state index in [1.807, 2.05) is 0 Å². The second-order valence-corrected chi connectivity index (χ2v) is 5.44. The predicted octanol–water partition coefficient (Wildman–Crippen LogP) is 2.65. The summed E-state index contributed by atoms with van der Waals surface area (Å²) in [5.74, 6) is -0.628. The largest absolute Gasteiger partial charge is 0.329 e. The van der Waals surface area contributed by atoms with Crippen molar-refractivity contribution in [3.8, 4) is 0 Å². The normalized spacial score (nSPS) is 18.9. The molecule has 1 heterocycles. The highest BCUT2D eigenvalue weighted by atomic mass is 35.5. The lowest BCUT2D eigenvalue weighted by atomic mass is 10.0. The Labute approximate surface area is 135 Å². The Balaban J connectivity index is 0.00000220. The average molecular weight is 336 g/mol. The van der Waals surface area contributed by atoms with Crippen LogP contribution in [0.3, 0.4) is 0 Å². The Morgan fingerprint density at radius 2 is 2.24 bits per heavy atom. The van der Waals surface area contributed by atoms with E-state index in [-0.39, 0.29) is 29.4 Å². The van der Waals surface area contributed by atoms with E-state index in [1.54, 1.807) is 0 Å². The van der Waals surface area contributed by atoms with Crippen LogP contribution in [0.15, 0.2) is 18.2 Å². The standard InChI is InChI=1S/C14H19ClFN3O.ClH/c15-12-7-10(4-5-13(12)16)18-14(20)9-19-6-2-1-3-11(19)8-17;/h4-5,7,11H,1-3,6,8-9,17H2,(H,18,20);1H. The van der Waals surface area contributed by atoms with Gasteiger partial charge in [0.1, 0.15) is 5.82 Å². The van der Waals surface area contributed by atoms with Crippen LogP contribution in [0.25, 0.3) is 0 Å². The number of nitrogens with zero attached hydrogens (tertiary/aromatic N) is 1. The third-order valence-electron chi connectivity index (χ3n) is 3.57. The van der Waals surface area contributed by atoms with Crippen LogP contribution in [0, 0.1) is 5.82 Å². The fourth-order valence-corrected chi connectivity index (χ4v) is 2.67. The van der Waals surface area contributed by atoms with E-state index in [1.165, 1.54) is 18.2 Å². The number of carbonyl (C=O) groups excluding carboxylic acids is 1. The number of nitrogens with one attached hydrogen (secondary N) is 1. The highest BCUT2D eigenvalue weighted by molar-refractivity contribution is 6.31. The molecule has 0 bridgehead atoms. The van der Waals surface area contributed by atoms with Crippen molar-refractivity contribution in [3.63, 3.8) is 0 Å². The minimum absolute atomic E-state index is 0. The fraction of sp³-hybridized carbons (Fsp3) is 0.500. The van der Waals surface area contributed by atoms with Crippen molar-refractivity contribution in [1.29, 1.82) is 0 Å². The number of benzene rings is 1. The smallest absolute Gasteiger partial charge is 0.238 e. The number of piperidine rings is 1. The summed E-state index contributed by atoms with van der Waals surface area (Å²) in [6, 6.07) is 4.41. The van der Waals surface area contributed by atoms with Gasteiger partial charge in [-0.1, -0.05) is 18.0 Å². The molecule has 2 rings (SSSR count). The van der Waals surface area contributed by atoms with Gasteiger partial charge in [-0.05, 0) is 37.6 Å². The summed E-state index contributed by atoms with van der Waals surface area (Å²) in [6.07, 6.45) is 3.28. The molecule has 0 saturated carbocycles. The molecule has 1 amide bonds. The summed E-state index contributed by atoms with van der Waals surface area (Å²) in [7, 11) is 0. The highest BCUT2D eigenvalue weighted by Crippen LogP contribution is 2.20. The summed E-state index contributed by atoms with van der Waals surface area (Å²) >= 11 is 5.68. The summed E-state index contributed by atoms with van der Waals surface area (Å²) in [5, 5.41) is 2.73. The number of halogens is 3. The van der Waals surface area contributed by atoms with Crippen molar-refractivity contribution in [2.75, 3.05) is 25.0 Å². The van der Waals surface area contributed by atoms with Crippen LogP contribution >= 0.6 is 24.0 Å². The molecule has 21 heavy (non-hydrogen) atoms. The molecule has 7 heteroatoms. The summed E-state index contributed by atoms with van der Waals surface area (Å²) in [5.41, 5.74) is 6.23. The van der Waals surface area contributed by atoms with Gasteiger partial charge in [0.15, 0.2) is 0 Å². The molecule has 1 saturated heterocycles. The molecule has 0 spiro atoms. The topological polar surface area (TPSA) is 58.4 Å². The van der Waals surface area contributed by atoms with Crippen LogP contribution in [-0.2, 0) is 4.79 Å². The Morgan fingerprint density at radius 1 is 1.48 bits per heavy atom. The van der Waals surface area contributed by atoms with Gasteiger partial charge >= 0.3 is 0 Å².